The molecule has 0 radical (unpaired) electrons. The highest BCUT2D eigenvalue weighted by molar-refractivity contribution is 6.00. The number of para-hydroxylation sites is 2. The number of allylic oxidation sites excluding steroid dienone is 1. The van der Waals surface area contributed by atoms with E-state index in [1.807, 2.05) is 44.2 Å². The highest BCUT2D eigenvalue weighted by atomic mass is 16.5. The number of oxazole rings is 1. The number of benzene rings is 1. The summed E-state index contributed by atoms with van der Waals surface area (Å²) in [7, 11) is 0. The topological polar surface area (TPSA) is 118 Å². The fraction of sp³-hybridized carbons (Fsp3) is 0.462. The van der Waals surface area contributed by atoms with Gasteiger partial charge in [0.1, 0.15) is 11.3 Å². The predicted octanol–water partition coefficient (Wildman–Crippen LogP) is 5.05. The summed E-state index contributed by atoms with van der Waals surface area (Å²) in [5.41, 5.74) is 1.23. The quantitative estimate of drug-likeness (QED) is 0.486. The molecule has 1 fully saturated rings. The maximum absolute atomic E-state index is 13.8. The Balaban J connectivity index is 1.31. The van der Waals surface area contributed by atoms with Gasteiger partial charge in [-0.25, -0.2) is 4.99 Å². The van der Waals surface area contributed by atoms with E-state index in [-0.39, 0.29) is 11.8 Å². The lowest BCUT2D eigenvalue weighted by Crippen LogP contribution is -2.65. The zero-order chi connectivity index (χ0) is 24.2. The van der Waals surface area contributed by atoms with Crippen LogP contribution in [0.1, 0.15) is 70.1 Å². The van der Waals surface area contributed by atoms with Crippen LogP contribution in [0, 0.1) is 5.92 Å². The number of anilines is 2. The minimum atomic E-state index is -0.586. The number of hydrogen-bond donors (Lipinski definition) is 3. The van der Waals surface area contributed by atoms with E-state index >= 15 is 0 Å². The lowest BCUT2D eigenvalue weighted by Gasteiger charge is -2.47. The number of rotatable bonds is 3. The first-order valence-electron chi connectivity index (χ1n) is 12.3. The number of fused-ring (bicyclic) bond motifs is 2. The van der Waals surface area contributed by atoms with Crippen molar-refractivity contribution in [1.82, 2.24) is 15.5 Å². The lowest BCUT2D eigenvalue weighted by molar-refractivity contribution is -0.124. The molecule has 3 aliphatic rings. The highest BCUT2D eigenvalue weighted by Gasteiger charge is 2.55. The van der Waals surface area contributed by atoms with E-state index in [1.165, 1.54) is 0 Å². The van der Waals surface area contributed by atoms with E-state index in [9.17, 15) is 4.79 Å². The van der Waals surface area contributed by atoms with Gasteiger partial charge in [-0.1, -0.05) is 49.2 Å². The van der Waals surface area contributed by atoms with Crippen LogP contribution in [0.4, 0.5) is 11.8 Å². The SMILES string of the molecule is CC1CC=Cc2c(NC(=O)C3C4(CCCC4)N=C(Nc4nc5ccccc5o4)NC3(C)C)noc21. The molecular formula is C26H30N6O3. The molecule has 3 aromatic rings. The standard InChI is InChI=1S/C26H30N6O3/c1-15-9-8-10-16-19(15)35-32-21(16)28-22(33)20-25(2,3)30-23(31-26(20)13-6-7-14-26)29-24-27-17-11-4-5-12-18(17)34-24/h4-5,8,10-12,15,20H,6-7,9,13-14H2,1-3H3,(H,28,32,33)(H2,27,29,30,31). The molecule has 182 valence electrons. The van der Waals surface area contributed by atoms with Gasteiger partial charge in [-0.05, 0) is 45.2 Å². The zero-order valence-electron chi connectivity index (χ0n) is 20.2. The molecular weight excluding hydrogens is 444 g/mol. The summed E-state index contributed by atoms with van der Waals surface area (Å²) in [6, 6.07) is 8.00. The molecule has 2 aliphatic carbocycles. The second-order valence-electron chi connectivity index (χ2n) is 10.5. The molecule has 6 rings (SSSR count). The van der Waals surface area contributed by atoms with Gasteiger partial charge in [-0.15, -0.1) is 0 Å². The molecule has 9 heteroatoms. The largest absolute Gasteiger partial charge is 0.423 e. The lowest BCUT2D eigenvalue weighted by atomic mass is 9.70. The number of amides is 1. The Kier molecular flexibility index (Phi) is 4.98. The number of carbonyl (C=O) groups excluding carboxylic acids is 1. The molecule has 1 aliphatic heterocycles. The smallest absolute Gasteiger partial charge is 0.302 e. The number of aromatic nitrogens is 2. The summed E-state index contributed by atoms with van der Waals surface area (Å²) in [6.45, 7) is 6.18. The molecule has 1 saturated carbocycles. The van der Waals surface area contributed by atoms with Gasteiger partial charge in [0, 0.05) is 11.5 Å². The van der Waals surface area contributed by atoms with Crippen LogP contribution in [0.25, 0.3) is 17.2 Å². The van der Waals surface area contributed by atoms with Crippen LogP contribution < -0.4 is 16.0 Å². The third-order valence-corrected chi connectivity index (χ3v) is 7.50. The number of nitrogens with one attached hydrogen (secondary N) is 3. The minimum Gasteiger partial charge on any atom is -0.423 e. The Labute approximate surface area is 203 Å². The summed E-state index contributed by atoms with van der Waals surface area (Å²) in [4.78, 5) is 23.4. The molecule has 0 bridgehead atoms. The van der Waals surface area contributed by atoms with E-state index in [4.69, 9.17) is 13.9 Å². The van der Waals surface area contributed by atoms with Crippen LogP contribution in [-0.4, -0.2) is 33.1 Å². The average molecular weight is 475 g/mol. The second-order valence-corrected chi connectivity index (χ2v) is 10.5. The fourth-order valence-electron chi connectivity index (χ4n) is 6.01. The van der Waals surface area contributed by atoms with Crippen molar-refractivity contribution < 1.29 is 13.7 Å². The molecule has 2 aromatic heterocycles. The summed E-state index contributed by atoms with van der Waals surface area (Å²) >= 11 is 0. The zero-order valence-corrected chi connectivity index (χ0v) is 20.2. The van der Waals surface area contributed by atoms with Crippen molar-refractivity contribution in [3.05, 3.63) is 41.7 Å². The first-order valence-corrected chi connectivity index (χ1v) is 12.3. The van der Waals surface area contributed by atoms with Crippen molar-refractivity contribution in [2.45, 2.75) is 69.9 Å². The third kappa shape index (κ3) is 3.69. The van der Waals surface area contributed by atoms with Gasteiger partial charge in [0.05, 0.1) is 17.0 Å². The van der Waals surface area contributed by atoms with Crippen molar-refractivity contribution in [2.75, 3.05) is 10.6 Å². The molecule has 1 spiro atoms. The van der Waals surface area contributed by atoms with Crippen molar-refractivity contribution >= 4 is 40.9 Å². The van der Waals surface area contributed by atoms with Crippen LogP contribution in [0.3, 0.4) is 0 Å². The Bertz CT molecular complexity index is 1310. The summed E-state index contributed by atoms with van der Waals surface area (Å²) in [6.07, 6.45) is 8.71. The van der Waals surface area contributed by atoms with Gasteiger partial charge in [0.15, 0.2) is 17.4 Å². The highest BCUT2D eigenvalue weighted by Crippen LogP contribution is 2.47. The van der Waals surface area contributed by atoms with Gasteiger partial charge in [0.2, 0.25) is 5.91 Å². The third-order valence-electron chi connectivity index (χ3n) is 7.50. The number of carbonyl (C=O) groups is 1. The summed E-state index contributed by atoms with van der Waals surface area (Å²) in [5, 5.41) is 13.9. The van der Waals surface area contributed by atoms with Crippen molar-refractivity contribution in [3.63, 3.8) is 0 Å². The van der Waals surface area contributed by atoms with Crippen LogP contribution in [0.15, 0.2) is 44.3 Å². The Morgan fingerprint density at radius 3 is 2.80 bits per heavy atom. The molecule has 35 heavy (non-hydrogen) atoms. The first-order chi connectivity index (χ1) is 16.8. The van der Waals surface area contributed by atoms with Gasteiger partial charge < -0.3 is 19.6 Å². The van der Waals surface area contributed by atoms with E-state index < -0.39 is 17.0 Å². The Morgan fingerprint density at radius 2 is 2.00 bits per heavy atom. The maximum Gasteiger partial charge on any atom is 0.302 e. The van der Waals surface area contributed by atoms with Crippen LogP contribution >= 0.6 is 0 Å². The number of aliphatic imine (C=N–C) groups is 1. The molecule has 2 unspecified atom stereocenters. The van der Waals surface area contributed by atoms with Crippen LogP contribution in [-0.2, 0) is 4.79 Å². The van der Waals surface area contributed by atoms with Gasteiger partial charge in [-0.2, -0.15) is 4.98 Å². The van der Waals surface area contributed by atoms with E-state index in [1.54, 1.807) is 0 Å². The first kappa shape index (κ1) is 21.9. The second kappa shape index (κ2) is 7.96. The average Bonchev–Trinajstić information content (AvgIpc) is 3.52. The van der Waals surface area contributed by atoms with Gasteiger partial charge in [-0.3, -0.25) is 10.1 Å². The van der Waals surface area contributed by atoms with Crippen molar-refractivity contribution in [1.29, 1.82) is 0 Å². The molecule has 9 nitrogen and oxygen atoms in total. The molecule has 0 saturated heterocycles. The Hall–Kier alpha value is -3.62. The number of guanidine groups is 1. The van der Waals surface area contributed by atoms with Gasteiger partial charge >= 0.3 is 6.01 Å². The minimum absolute atomic E-state index is 0.100. The predicted molar refractivity (Wildman–Crippen MR) is 134 cm³/mol. The molecule has 2 atom stereocenters. The number of hydrogen-bond acceptors (Lipinski definition) is 8. The number of nitrogens with zero attached hydrogens (tertiary/aromatic N) is 3. The van der Waals surface area contributed by atoms with Crippen LogP contribution in [0.2, 0.25) is 0 Å². The van der Waals surface area contributed by atoms with E-state index in [0.29, 0.717) is 23.4 Å². The fourth-order valence-corrected chi connectivity index (χ4v) is 6.01. The van der Waals surface area contributed by atoms with Crippen molar-refractivity contribution in [3.8, 4) is 0 Å². The van der Waals surface area contributed by atoms with E-state index in [0.717, 1.165) is 48.9 Å². The van der Waals surface area contributed by atoms with Crippen molar-refractivity contribution in [2.24, 2.45) is 10.9 Å². The monoisotopic (exact) mass is 474 g/mol. The molecule has 3 heterocycles. The molecule has 3 N–H and O–H groups in total. The normalized spacial score (nSPS) is 24.1. The molecule has 1 aromatic carbocycles. The Morgan fingerprint density at radius 1 is 1.20 bits per heavy atom. The van der Waals surface area contributed by atoms with Crippen LogP contribution in [0.5, 0.6) is 0 Å². The maximum atomic E-state index is 13.8. The summed E-state index contributed by atoms with van der Waals surface area (Å²) in [5.74, 6) is 1.62. The molecule has 1 amide bonds. The summed E-state index contributed by atoms with van der Waals surface area (Å²) < 4.78 is 11.4. The van der Waals surface area contributed by atoms with E-state index in [2.05, 4.69) is 39.1 Å². The van der Waals surface area contributed by atoms with Gasteiger partial charge in [0.25, 0.3) is 0 Å².